The minimum absolute atomic E-state index is 0.0784. The summed E-state index contributed by atoms with van der Waals surface area (Å²) in [6, 6.07) is 8.45. The van der Waals surface area contributed by atoms with Crippen LogP contribution in [0, 0.1) is 11.3 Å². The number of nitriles is 1. The first-order valence-electron chi connectivity index (χ1n) is 4.32. The van der Waals surface area contributed by atoms with Crippen molar-refractivity contribution in [2.45, 2.75) is 0 Å². The molecule has 0 saturated heterocycles. The van der Waals surface area contributed by atoms with E-state index in [9.17, 15) is 5.11 Å². The molecule has 0 bridgehead atoms. The second kappa shape index (κ2) is 3.76. The Hall–Kier alpha value is -2.41. The zero-order valence-electron chi connectivity index (χ0n) is 7.75. The molecule has 0 aliphatic rings. The average molecular weight is 197 g/mol. The van der Waals surface area contributed by atoms with Crippen molar-refractivity contribution in [3.05, 3.63) is 42.2 Å². The van der Waals surface area contributed by atoms with E-state index in [1.54, 1.807) is 30.5 Å². The van der Waals surface area contributed by atoms with Crippen molar-refractivity contribution in [2.24, 2.45) is 0 Å². The Labute approximate surface area is 86.5 Å². The van der Waals surface area contributed by atoms with Crippen molar-refractivity contribution >= 4 is 0 Å². The molecule has 1 N–H and O–H groups in total. The van der Waals surface area contributed by atoms with Crippen LogP contribution >= 0.6 is 0 Å². The van der Waals surface area contributed by atoms with Gasteiger partial charge in [0, 0.05) is 12.4 Å². The van der Waals surface area contributed by atoms with Crippen LogP contribution in [0.1, 0.15) is 5.56 Å². The van der Waals surface area contributed by atoms with E-state index < -0.39 is 0 Å². The Morgan fingerprint density at radius 3 is 2.67 bits per heavy atom. The molecule has 0 fully saturated rings. The van der Waals surface area contributed by atoms with Crippen LogP contribution in [0.4, 0.5) is 0 Å². The topological polar surface area (TPSA) is 69.8 Å². The molecule has 0 aliphatic heterocycles. The summed E-state index contributed by atoms with van der Waals surface area (Å²) in [5, 5.41) is 18.1. The molecule has 0 atom stereocenters. The average Bonchev–Trinajstić information content (AvgIpc) is 2.30. The van der Waals surface area contributed by atoms with Crippen molar-refractivity contribution in [1.82, 2.24) is 9.97 Å². The van der Waals surface area contributed by atoms with Gasteiger partial charge in [0.15, 0.2) is 0 Å². The quantitative estimate of drug-likeness (QED) is 0.755. The summed E-state index contributed by atoms with van der Waals surface area (Å²) >= 11 is 0. The number of hydrogen-bond acceptors (Lipinski definition) is 4. The van der Waals surface area contributed by atoms with Gasteiger partial charge < -0.3 is 5.11 Å². The number of rotatable bonds is 1. The molecule has 0 radical (unpaired) electrons. The molecule has 0 spiro atoms. The number of aromatic hydroxyl groups is 1. The van der Waals surface area contributed by atoms with Gasteiger partial charge in [-0.05, 0) is 24.3 Å². The molecule has 0 aromatic carbocycles. The standard InChI is InChI=1S/C11H7N3O/c12-6-8-3-4-9(14-7-8)11-10(15)2-1-5-13-11/h1-5,7,15H. The molecule has 2 rings (SSSR count). The molecule has 2 aromatic rings. The summed E-state index contributed by atoms with van der Waals surface area (Å²) in [6.45, 7) is 0. The van der Waals surface area contributed by atoms with Crippen molar-refractivity contribution in [3.63, 3.8) is 0 Å². The highest BCUT2D eigenvalue weighted by atomic mass is 16.3. The molecule has 2 heterocycles. The van der Waals surface area contributed by atoms with Crippen LogP contribution in [-0.2, 0) is 0 Å². The summed E-state index contributed by atoms with van der Waals surface area (Å²) in [7, 11) is 0. The summed E-state index contributed by atoms with van der Waals surface area (Å²) in [4.78, 5) is 8.04. The molecule has 15 heavy (non-hydrogen) atoms. The first kappa shape index (κ1) is 9.16. The largest absolute Gasteiger partial charge is 0.506 e. The normalized spacial score (nSPS) is 9.53. The smallest absolute Gasteiger partial charge is 0.143 e. The Bertz CT molecular complexity index is 514. The summed E-state index contributed by atoms with van der Waals surface area (Å²) in [5.74, 6) is 0.0784. The van der Waals surface area contributed by atoms with Crippen molar-refractivity contribution in [2.75, 3.05) is 0 Å². The number of aromatic nitrogens is 2. The molecular formula is C11H7N3O. The molecule has 2 aromatic heterocycles. The molecule has 4 heteroatoms. The van der Waals surface area contributed by atoms with E-state index in [-0.39, 0.29) is 5.75 Å². The predicted molar refractivity (Wildman–Crippen MR) is 53.8 cm³/mol. The van der Waals surface area contributed by atoms with E-state index in [4.69, 9.17) is 5.26 Å². The third kappa shape index (κ3) is 1.76. The monoisotopic (exact) mass is 197 g/mol. The maximum absolute atomic E-state index is 9.52. The second-order valence-corrected chi connectivity index (χ2v) is 2.92. The first-order valence-corrected chi connectivity index (χ1v) is 4.32. The lowest BCUT2D eigenvalue weighted by Gasteiger charge is -2.01. The van der Waals surface area contributed by atoms with Gasteiger partial charge in [0.05, 0.1) is 11.3 Å². The van der Waals surface area contributed by atoms with Gasteiger partial charge in [-0.1, -0.05) is 0 Å². The van der Waals surface area contributed by atoms with Crippen molar-refractivity contribution in [1.29, 1.82) is 5.26 Å². The van der Waals surface area contributed by atoms with Crippen LogP contribution in [0.2, 0.25) is 0 Å². The highest BCUT2D eigenvalue weighted by molar-refractivity contribution is 5.61. The maximum Gasteiger partial charge on any atom is 0.143 e. The fraction of sp³-hybridized carbons (Fsp3) is 0. The second-order valence-electron chi connectivity index (χ2n) is 2.92. The van der Waals surface area contributed by atoms with E-state index in [2.05, 4.69) is 9.97 Å². The summed E-state index contributed by atoms with van der Waals surface area (Å²) in [6.07, 6.45) is 3.03. The minimum atomic E-state index is 0.0784. The van der Waals surface area contributed by atoms with E-state index in [0.29, 0.717) is 17.0 Å². The van der Waals surface area contributed by atoms with Gasteiger partial charge in [-0.2, -0.15) is 5.26 Å². The van der Waals surface area contributed by atoms with Gasteiger partial charge in [-0.25, -0.2) is 0 Å². The number of nitrogens with zero attached hydrogens (tertiary/aromatic N) is 3. The Morgan fingerprint density at radius 2 is 2.07 bits per heavy atom. The molecule has 0 aliphatic carbocycles. The van der Waals surface area contributed by atoms with Gasteiger partial charge >= 0.3 is 0 Å². The fourth-order valence-corrected chi connectivity index (χ4v) is 1.19. The maximum atomic E-state index is 9.52. The van der Waals surface area contributed by atoms with Crippen molar-refractivity contribution in [3.8, 4) is 23.2 Å². The van der Waals surface area contributed by atoms with E-state index in [1.807, 2.05) is 6.07 Å². The van der Waals surface area contributed by atoms with Crippen LogP contribution in [0.5, 0.6) is 5.75 Å². The van der Waals surface area contributed by atoms with Crippen molar-refractivity contribution < 1.29 is 5.11 Å². The molecule has 4 nitrogen and oxygen atoms in total. The molecule has 0 unspecified atom stereocenters. The Morgan fingerprint density at radius 1 is 1.20 bits per heavy atom. The van der Waals surface area contributed by atoms with Gasteiger partial charge in [0.1, 0.15) is 17.5 Å². The lowest BCUT2D eigenvalue weighted by molar-refractivity contribution is 0.475. The third-order valence-electron chi connectivity index (χ3n) is 1.92. The zero-order valence-corrected chi connectivity index (χ0v) is 7.75. The molecular weight excluding hydrogens is 190 g/mol. The lowest BCUT2D eigenvalue weighted by Crippen LogP contribution is -1.88. The van der Waals surface area contributed by atoms with Gasteiger partial charge in [-0.15, -0.1) is 0 Å². The van der Waals surface area contributed by atoms with E-state index in [1.165, 1.54) is 6.20 Å². The molecule has 0 saturated carbocycles. The van der Waals surface area contributed by atoms with Crippen LogP contribution in [-0.4, -0.2) is 15.1 Å². The number of pyridine rings is 2. The van der Waals surface area contributed by atoms with Crippen LogP contribution in [0.15, 0.2) is 36.7 Å². The highest BCUT2D eigenvalue weighted by Gasteiger charge is 2.05. The predicted octanol–water partition coefficient (Wildman–Crippen LogP) is 1.72. The Kier molecular flexibility index (Phi) is 2.30. The zero-order chi connectivity index (χ0) is 10.7. The summed E-state index contributed by atoms with van der Waals surface area (Å²) < 4.78 is 0. The molecule has 72 valence electrons. The first-order chi connectivity index (χ1) is 7.31. The van der Waals surface area contributed by atoms with Crippen LogP contribution in [0.25, 0.3) is 11.4 Å². The van der Waals surface area contributed by atoms with Gasteiger partial charge in [0.25, 0.3) is 0 Å². The minimum Gasteiger partial charge on any atom is -0.506 e. The fourth-order valence-electron chi connectivity index (χ4n) is 1.19. The number of hydrogen-bond donors (Lipinski definition) is 1. The van der Waals surface area contributed by atoms with Gasteiger partial charge in [-0.3, -0.25) is 9.97 Å². The highest BCUT2D eigenvalue weighted by Crippen LogP contribution is 2.23. The SMILES string of the molecule is N#Cc1ccc(-c2ncccc2O)nc1. The van der Waals surface area contributed by atoms with Gasteiger partial charge in [0.2, 0.25) is 0 Å². The van der Waals surface area contributed by atoms with Crippen LogP contribution < -0.4 is 0 Å². The Balaban J connectivity index is 2.47. The molecule has 0 amide bonds. The van der Waals surface area contributed by atoms with E-state index in [0.717, 1.165) is 0 Å². The third-order valence-corrected chi connectivity index (χ3v) is 1.92. The summed E-state index contributed by atoms with van der Waals surface area (Å²) in [5.41, 5.74) is 1.45. The lowest BCUT2D eigenvalue weighted by atomic mass is 10.2. The van der Waals surface area contributed by atoms with E-state index >= 15 is 0 Å². The van der Waals surface area contributed by atoms with Crippen LogP contribution in [0.3, 0.4) is 0 Å².